The van der Waals surface area contributed by atoms with Crippen LogP contribution in [0.25, 0.3) is 0 Å². The Labute approximate surface area is 118 Å². The van der Waals surface area contributed by atoms with Crippen LogP contribution in [-0.4, -0.2) is 4.98 Å². The molecular weight excluding hydrogens is 258 g/mol. The molecule has 0 fully saturated rings. The fourth-order valence-electron chi connectivity index (χ4n) is 2.17. The molecule has 4 heteroatoms. The minimum atomic E-state index is 0.0307. The van der Waals surface area contributed by atoms with Crippen molar-refractivity contribution in [1.29, 1.82) is 0 Å². The first kappa shape index (κ1) is 14.0. The Morgan fingerprint density at radius 1 is 1.32 bits per heavy atom. The van der Waals surface area contributed by atoms with Crippen LogP contribution in [0, 0.1) is 13.8 Å². The number of benzene rings is 1. The van der Waals surface area contributed by atoms with E-state index in [0.29, 0.717) is 0 Å². The van der Waals surface area contributed by atoms with Gasteiger partial charge in [-0.2, -0.15) is 0 Å². The Bertz CT molecular complexity index is 569. The number of aromatic nitrogens is 1. The van der Waals surface area contributed by atoms with Crippen molar-refractivity contribution in [1.82, 2.24) is 10.4 Å². The molecule has 0 aliphatic carbocycles. The summed E-state index contributed by atoms with van der Waals surface area (Å²) in [6, 6.07) is 8.11. The smallest absolute Gasteiger partial charge is 0.0504 e. The highest BCUT2D eigenvalue weighted by molar-refractivity contribution is 6.31. The van der Waals surface area contributed by atoms with E-state index in [-0.39, 0.29) is 6.04 Å². The second-order valence-corrected chi connectivity index (χ2v) is 5.16. The number of hydrogen-bond donors (Lipinski definition) is 2. The summed E-state index contributed by atoms with van der Waals surface area (Å²) >= 11 is 6.28. The molecule has 0 amide bonds. The van der Waals surface area contributed by atoms with E-state index in [1.54, 1.807) is 6.20 Å². The molecule has 0 saturated heterocycles. The molecule has 19 heavy (non-hydrogen) atoms. The lowest BCUT2D eigenvalue weighted by Crippen LogP contribution is -2.30. The molecule has 3 N–H and O–H groups in total. The van der Waals surface area contributed by atoms with Gasteiger partial charge in [-0.1, -0.05) is 23.7 Å². The monoisotopic (exact) mass is 275 g/mol. The van der Waals surface area contributed by atoms with Gasteiger partial charge in [0.1, 0.15) is 0 Å². The van der Waals surface area contributed by atoms with Gasteiger partial charge in [0.2, 0.25) is 0 Å². The van der Waals surface area contributed by atoms with Crippen molar-refractivity contribution in [3.05, 3.63) is 63.9 Å². The molecule has 1 aromatic heterocycles. The molecule has 2 rings (SSSR count). The Balaban J connectivity index is 2.27. The third-order valence-electron chi connectivity index (χ3n) is 3.27. The van der Waals surface area contributed by atoms with E-state index in [4.69, 9.17) is 17.4 Å². The summed E-state index contributed by atoms with van der Waals surface area (Å²) in [7, 11) is 0. The van der Waals surface area contributed by atoms with Crippen molar-refractivity contribution in [3.63, 3.8) is 0 Å². The minimum Gasteiger partial charge on any atom is -0.271 e. The van der Waals surface area contributed by atoms with Crippen LogP contribution in [-0.2, 0) is 6.42 Å². The third-order valence-corrected chi connectivity index (χ3v) is 3.62. The van der Waals surface area contributed by atoms with Gasteiger partial charge < -0.3 is 0 Å². The first-order valence-electron chi connectivity index (χ1n) is 6.23. The van der Waals surface area contributed by atoms with Crippen molar-refractivity contribution in [2.24, 2.45) is 5.84 Å². The zero-order valence-electron chi connectivity index (χ0n) is 11.2. The molecule has 100 valence electrons. The summed E-state index contributed by atoms with van der Waals surface area (Å²) in [5.74, 6) is 5.69. The van der Waals surface area contributed by atoms with Gasteiger partial charge in [-0.3, -0.25) is 16.3 Å². The first-order valence-corrected chi connectivity index (χ1v) is 6.61. The van der Waals surface area contributed by atoms with Crippen molar-refractivity contribution < 1.29 is 0 Å². The fourth-order valence-corrected chi connectivity index (χ4v) is 2.48. The normalized spacial score (nSPS) is 12.4. The summed E-state index contributed by atoms with van der Waals surface area (Å²) in [5.41, 5.74) is 7.38. The lowest BCUT2D eigenvalue weighted by Gasteiger charge is -2.19. The lowest BCUT2D eigenvalue weighted by atomic mass is 9.97. The van der Waals surface area contributed by atoms with Crippen LogP contribution in [0.2, 0.25) is 5.02 Å². The molecule has 3 nitrogen and oxygen atoms in total. The number of pyridine rings is 1. The van der Waals surface area contributed by atoms with Crippen LogP contribution >= 0.6 is 11.6 Å². The molecule has 1 atom stereocenters. The zero-order chi connectivity index (χ0) is 13.8. The SMILES string of the molecule is Cc1ccc(CC(NN)c2ccncc2C)c(Cl)c1. The van der Waals surface area contributed by atoms with E-state index in [2.05, 4.69) is 22.5 Å². The number of nitrogens with zero attached hydrogens (tertiary/aromatic N) is 1. The van der Waals surface area contributed by atoms with E-state index < -0.39 is 0 Å². The molecule has 1 unspecified atom stereocenters. The highest BCUT2D eigenvalue weighted by atomic mass is 35.5. The summed E-state index contributed by atoms with van der Waals surface area (Å²) < 4.78 is 0. The van der Waals surface area contributed by atoms with Crippen molar-refractivity contribution in [3.8, 4) is 0 Å². The number of rotatable bonds is 4. The molecule has 0 aliphatic rings. The summed E-state index contributed by atoms with van der Waals surface area (Å²) in [6.45, 7) is 4.06. The molecule has 0 saturated carbocycles. The van der Waals surface area contributed by atoms with Crippen LogP contribution in [0.1, 0.15) is 28.3 Å². The van der Waals surface area contributed by atoms with Crippen LogP contribution in [0.15, 0.2) is 36.7 Å². The van der Waals surface area contributed by atoms with Gasteiger partial charge in [-0.15, -0.1) is 0 Å². The van der Waals surface area contributed by atoms with Gasteiger partial charge in [-0.25, -0.2) is 0 Å². The largest absolute Gasteiger partial charge is 0.271 e. The standard InChI is InChI=1S/C15H18ClN3/c1-10-3-4-12(14(16)7-10)8-15(19-17)13-5-6-18-9-11(13)2/h3-7,9,15,19H,8,17H2,1-2H3. The van der Waals surface area contributed by atoms with Crippen LogP contribution in [0.3, 0.4) is 0 Å². The average molecular weight is 276 g/mol. The van der Waals surface area contributed by atoms with E-state index >= 15 is 0 Å². The molecule has 1 heterocycles. The van der Waals surface area contributed by atoms with Gasteiger partial charge in [-0.05, 0) is 54.7 Å². The maximum absolute atomic E-state index is 6.28. The fraction of sp³-hybridized carbons (Fsp3) is 0.267. The molecule has 2 aromatic rings. The summed E-state index contributed by atoms with van der Waals surface area (Å²) in [5, 5.41) is 0.784. The van der Waals surface area contributed by atoms with Crippen molar-refractivity contribution in [2.45, 2.75) is 26.3 Å². The highest BCUT2D eigenvalue weighted by Crippen LogP contribution is 2.25. The molecule has 0 spiro atoms. The van der Waals surface area contributed by atoms with E-state index in [1.165, 1.54) is 0 Å². The second kappa shape index (κ2) is 6.15. The zero-order valence-corrected chi connectivity index (χ0v) is 11.9. The first-order chi connectivity index (χ1) is 9.11. The van der Waals surface area contributed by atoms with Crippen molar-refractivity contribution in [2.75, 3.05) is 0 Å². The van der Waals surface area contributed by atoms with E-state index in [9.17, 15) is 0 Å². The van der Waals surface area contributed by atoms with Gasteiger partial charge in [0, 0.05) is 17.4 Å². The second-order valence-electron chi connectivity index (χ2n) is 4.75. The van der Waals surface area contributed by atoms with Gasteiger partial charge in [0.05, 0.1) is 6.04 Å². The summed E-state index contributed by atoms with van der Waals surface area (Å²) in [4.78, 5) is 4.10. The number of hydrogen-bond acceptors (Lipinski definition) is 3. The van der Waals surface area contributed by atoms with Crippen molar-refractivity contribution >= 4 is 11.6 Å². The van der Waals surface area contributed by atoms with Gasteiger partial charge in [0.15, 0.2) is 0 Å². The van der Waals surface area contributed by atoms with E-state index in [0.717, 1.165) is 33.7 Å². The van der Waals surface area contributed by atoms with Gasteiger partial charge in [0.25, 0.3) is 0 Å². The molecule has 0 bridgehead atoms. The average Bonchev–Trinajstić information content (AvgIpc) is 2.39. The maximum atomic E-state index is 6.28. The number of nitrogens with one attached hydrogen (secondary N) is 1. The Kier molecular flexibility index (Phi) is 4.53. The van der Waals surface area contributed by atoms with Crippen LogP contribution < -0.4 is 11.3 Å². The van der Waals surface area contributed by atoms with Crippen LogP contribution in [0.5, 0.6) is 0 Å². The predicted molar refractivity (Wildman–Crippen MR) is 78.9 cm³/mol. The lowest BCUT2D eigenvalue weighted by molar-refractivity contribution is 0.549. The quantitative estimate of drug-likeness (QED) is 0.666. The Morgan fingerprint density at radius 3 is 2.74 bits per heavy atom. The minimum absolute atomic E-state index is 0.0307. The van der Waals surface area contributed by atoms with Crippen LogP contribution in [0.4, 0.5) is 0 Å². The van der Waals surface area contributed by atoms with E-state index in [1.807, 2.05) is 32.2 Å². The Hall–Kier alpha value is -1.42. The Morgan fingerprint density at radius 2 is 2.11 bits per heavy atom. The topological polar surface area (TPSA) is 50.9 Å². The molecule has 0 radical (unpaired) electrons. The van der Waals surface area contributed by atoms with Gasteiger partial charge >= 0.3 is 0 Å². The number of hydrazine groups is 1. The molecule has 0 aliphatic heterocycles. The molecular formula is C15H18ClN3. The predicted octanol–water partition coefficient (Wildman–Crippen LogP) is 3.10. The number of halogens is 1. The summed E-state index contributed by atoms with van der Waals surface area (Å²) in [6.07, 6.45) is 4.38. The highest BCUT2D eigenvalue weighted by Gasteiger charge is 2.14. The number of aryl methyl sites for hydroxylation is 2. The molecule has 1 aromatic carbocycles. The third kappa shape index (κ3) is 3.32. The maximum Gasteiger partial charge on any atom is 0.0504 e. The number of nitrogens with two attached hydrogens (primary N) is 1.